The van der Waals surface area contributed by atoms with Gasteiger partial charge in [0.05, 0.1) is 16.5 Å². The predicted molar refractivity (Wildman–Crippen MR) is 80.9 cm³/mol. The second kappa shape index (κ2) is 5.39. The molecule has 0 atom stereocenters. The van der Waals surface area contributed by atoms with Crippen molar-refractivity contribution in [3.8, 4) is 0 Å². The van der Waals surface area contributed by atoms with Crippen LogP contribution in [0.3, 0.4) is 0 Å². The molecule has 9 heteroatoms. The Hall–Kier alpha value is -2.45. The first-order valence-corrected chi connectivity index (χ1v) is 7.87. The largest absolute Gasteiger partial charge is 0.411 e. The van der Waals surface area contributed by atoms with Crippen LogP contribution in [-0.4, -0.2) is 33.8 Å². The lowest BCUT2D eigenvalue weighted by atomic mass is 10.3. The normalized spacial score (nSPS) is 12.2. The summed E-state index contributed by atoms with van der Waals surface area (Å²) in [6.45, 7) is 0. The topological polar surface area (TPSA) is 97.4 Å². The third-order valence-corrected chi connectivity index (χ3v) is 4.98. The highest BCUT2D eigenvalue weighted by Gasteiger charge is 2.23. The van der Waals surface area contributed by atoms with Crippen LogP contribution in [0, 0.1) is 0 Å². The van der Waals surface area contributed by atoms with Gasteiger partial charge in [-0.15, -0.1) is 0 Å². The fourth-order valence-electron chi connectivity index (χ4n) is 2.07. The van der Waals surface area contributed by atoms with E-state index in [0.717, 1.165) is 10.2 Å². The van der Waals surface area contributed by atoms with Crippen molar-refractivity contribution in [1.29, 1.82) is 0 Å². The fraction of sp³-hybridized carbons (Fsp3) is 0. The van der Waals surface area contributed by atoms with E-state index in [4.69, 9.17) is 16.8 Å². The molecular formula is C13H9ClN4O3S. The third-order valence-electron chi connectivity index (χ3n) is 3.03. The highest BCUT2D eigenvalue weighted by Crippen LogP contribution is 2.27. The van der Waals surface area contributed by atoms with Crippen LogP contribution in [0.1, 0.15) is 5.56 Å². The first-order valence-electron chi connectivity index (χ1n) is 6.05. The molecule has 0 spiro atoms. The molecule has 22 heavy (non-hydrogen) atoms. The number of rotatable bonds is 3. The Balaban J connectivity index is 2.35. The molecule has 7 nitrogen and oxygen atoms in total. The van der Waals surface area contributed by atoms with Gasteiger partial charge in [0.25, 0.3) is 10.0 Å². The lowest BCUT2D eigenvalue weighted by molar-refractivity contribution is 0.322. The summed E-state index contributed by atoms with van der Waals surface area (Å²) in [5, 5.41) is 12.0. The highest BCUT2D eigenvalue weighted by molar-refractivity contribution is 7.90. The molecule has 0 aliphatic heterocycles. The van der Waals surface area contributed by atoms with Crippen molar-refractivity contribution in [2.75, 3.05) is 0 Å². The van der Waals surface area contributed by atoms with E-state index in [1.807, 2.05) is 0 Å². The summed E-state index contributed by atoms with van der Waals surface area (Å²) in [6, 6.07) is 7.91. The van der Waals surface area contributed by atoms with E-state index in [1.54, 1.807) is 18.2 Å². The van der Waals surface area contributed by atoms with Crippen LogP contribution in [0.15, 0.2) is 52.9 Å². The van der Waals surface area contributed by atoms with Crippen LogP contribution in [-0.2, 0) is 10.0 Å². The van der Waals surface area contributed by atoms with Crippen molar-refractivity contribution >= 4 is 38.9 Å². The molecule has 3 rings (SSSR count). The number of hydrogen-bond acceptors (Lipinski definition) is 6. The molecule has 3 aromatic rings. The van der Waals surface area contributed by atoms with Gasteiger partial charge in [-0.25, -0.2) is 22.4 Å². The third kappa shape index (κ3) is 2.22. The Labute approximate surface area is 130 Å². The van der Waals surface area contributed by atoms with Crippen LogP contribution in [0.4, 0.5) is 0 Å². The zero-order valence-electron chi connectivity index (χ0n) is 11.0. The van der Waals surface area contributed by atoms with E-state index < -0.39 is 10.0 Å². The summed E-state index contributed by atoms with van der Waals surface area (Å²) in [5.74, 6) is 0. The second-order valence-electron chi connectivity index (χ2n) is 4.31. The monoisotopic (exact) mass is 336 g/mol. The van der Waals surface area contributed by atoms with Crippen LogP contribution < -0.4 is 0 Å². The van der Waals surface area contributed by atoms with Crippen molar-refractivity contribution in [2.45, 2.75) is 4.90 Å². The zero-order valence-corrected chi connectivity index (χ0v) is 12.5. The number of hydrogen-bond donors (Lipinski definition) is 1. The van der Waals surface area contributed by atoms with E-state index in [0.29, 0.717) is 10.9 Å². The van der Waals surface area contributed by atoms with Gasteiger partial charge in [-0.2, -0.15) is 0 Å². The number of nitrogens with zero attached hydrogens (tertiary/aromatic N) is 4. The molecule has 0 amide bonds. The Morgan fingerprint density at radius 1 is 1.23 bits per heavy atom. The first kappa shape index (κ1) is 14.5. The maximum Gasteiger partial charge on any atom is 0.269 e. The van der Waals surface area contributed by atoms with Gasteiger partial charge in [-0.3, -0.25) is 0 Å². The van der Waals surface area contributed by atoms with E-state index >= 15 is 0 Å². The molecule has 1 N–H and O–H groups in total. The van der Waals surface area contributed by atoms with Gasteiger partial charge in [0, 0.05) is 11.8 Å². The number of aromatic nitrogens is 3. The number of halogens is 1. The maximum atomic E-state index is 12.7. The van der Waals surface area contributed by atoms with Crippen molar-refractivity contribution in [3.63, 3.8) is 0 Å². The van der Waals surface area contributed by atoms with Crippen molar-refractivity contribution in [3.05, 3.63) is 53.6 Å². The first-order chi connectivity index (χ1) is 10.6. The molecule has 0 bridgehead atoms. The lowest BCUT2D eigenvalue weighted by Crippen LogP contribution is -2.12. The van der Waals surface area contributed by atoms with E-state index in [-0.39, 0.29) is 15.7 Å². The van der Waals surface area contributed by atoms with Crippen LogP contribution in [0.25, 0.3) is 11.0 Å². The molecule has 0 saturated heterocycles. The summed E-state index contributed by atoms with van der Waals surface area (Å²) in [7, 11) is -3.86. The fourth-order valence-corrected chi connectivity index (χ4v) is 3.66. The average molecular weight is 337 g/mol. The minimum atomic E-state index is -3.86. The zero-order chi connectivity index (χ0) is 15.7. The highest BCUT2D eigenvalue weighted by atomic mass is 35.5. The molecule has 0 fully saturated rings. The maximum absolute atomic E-state index is 12.7. The number of benzene rings is 1. The Morgan fingerprint density at radius 2 is 1.95 bits per heavy atom. The van der Waals surface area contributed by atoms with Gasteiger partial charge >= 0.3 is 0 Å². The minimum Gasteiger partial charge on any atom is -0.411 e. The SMILES string of the molecule is O=S(=O)(c1ccccc1)n1cc(C=NO)c2c(Cl)ncnc21. The molecule has 0 saturated carbocycles. The summed E-state index contributed by atoms with van der Waals surface area (Å²) < 4.78 is 26.4. The van der Waals surface area contributed by atoms with Gasteiger partial charge in [0.2, 0.25) is 0 Å². The molecule has 2 aromatic heterocycles. The smallest absolute Gasteiger partial charge is 0.269 e. The average Bonchev–Trinajstić information content (AvgIpc) is 2.89. The minimum absolute atomic E-state index is 0.0712. The molecule has 2 heterocycles. The molecule has 112 valence electrons. The Kier molecular flexibility index (Phi) is 3.55. The van der Waals surface area contributed by atoms with Gasteiger partial charge < -0.3 is 5.21 Å². The molecule has 1 aromatic carbocycles. The molecule has 0 unspecified atom stereocenters. The quantitative estimate of drug-likeness (QED) is 0.342. The second-order valence-corrected chi connectivity index (χ2v) is 6.48. The van der Waals surface area contributed by atoms with Gasteiger partial charge in [-0.1, -0.05) is 35.0 Å². The standard InChI is InChI=1S/C13H9ClN4O3S/c14-12-11-9(6-17-19)7-18(13(11)16-8-15-12)22(20,21)10-4-2-1-3-5-10/h1-8,19H. The van der Waals surface area contributed by atoms with Crippen molar-refractivity contribution in [1.82, 2.24) is 13.9 Å². The van der Waals surface area contributed by atoms with Crippen molar-refractivity contribution in [2.24, 2.45) is 5.16 Å². The summed E-state index contributed by atoms with van der Waals surface area (Å²) in [4.78, 5) is 7.91. The van der Waals surface area contributed by atoms with Crippen LogP contribution in [0.2, 0.25) is 5.15 Å². The Morgan fingerprint density at radius 3 is 2.64 bits per heavy atom. The van der Waals surface area contributed by atoms with E-state index in [2.05, 4.69) is 15.1 Å². The summed E-state index contributed by atoms with van der Waals surface area (Å²) in [6.07, 6.45) is 3.53. The lowest BCUT2D eigenvalue weighted by Gasteiger charge is -2.06. The Bertz CT molecular complexity index is 968. The van der Waals surface area contributed by atoms with Crippen LogP contribution >= 0.6 is 11.6 Å². The summed E-state index contributed by atoms with van der Waals surface area (Å²) >= 11 is 6.00. The number of oxime groups is 1. The number of fused-ring (bicyclic) bond motifs is 1. The summed E-state index contributed by atoms with van der Waals surface area (Å²) in [5.41, 5.74) is 0.404. The molecular weight excluding hydrogens is 328 g/mol. The molecule has 0 aliphatic rings. The van der Waals surface area contributed by atoms with Gasteiger partial charge in [-0.05, 0) is 12.1 Å². The molecule has 0 aliphatic carbocycles. The predicted octanol–water partition coefficient (Wildman–Crippen LogP) is 2.13. The van der Waals surface area contributed by atoms with Crippen LogP contribution in [0.5, 0.6) is 0 Å². The van der Waals surface area contributed by atoms with E-state index in [9.17, 15) is 8.42 Å². The van der Waals surface area contributed by atoms with E-state index in [1.165, 1.54) is 24.7 Å². The van der Waals surface area contributed by atoms with Gasteiger partial charge in [0.1, 0.15) is 11.5 Å². The van der Waals surface area contributed by atoms with Gasteiger partial charge in [0.15, 0.2) is 5.65 Å². The molecule has 0 radical (unpaired) electrons. The van der Waals surface area contributed by atoms with Crippen molar-refractivity contribution < 1.29 is 13.6 Å².